The zero-order chi connectivity index (χ0) is 15.3. The summed E-state index contributed by atoms with van der Waals surface area (Å²) in [6.45, 7) is 4.39. The molecule has 0 aromatic heterocycles. The molecule has 0 spiro atoms. The molecule has 0 saturated heterocycles. The smallest absolute Gasteiger partial charge is 0.0554 e. The molecule has 0 radical (unpaired) electrons. The lowest BCUT2D eigenvalue weighted by molar-refractivity contribution is 0.425. The first-order valence-electron chi connectivity index (χ1n) is 7.93. The minimum Gasteiger partial charge on any atom is -0.377 e. The van der Waals surface area contributed by atoms with Gasteiger partial charge in [0.25, 0.3) is 0 Å². The summed E-state index contributed by atoms with van der Waals surface area (Å²) in [4.78, 5) is 0. The van der Waals surface area contributed by atoms with E-state index in [4.69, 9.17) is 11.6 Å². The number of halogens is 1. The maximum absolute atomic E-state index is 6.22. The molecule has 22 heavy (non-hydrogen) atoms. The number of anilines is 1. The van der Waals surface area contributed by atoms with Crippen molar-refractivity contribution in [3.63, 3.8) is 0 Å². The first kappa shape index (κ1) is 13.9. The second kappa shape index (κ2) is 5.17. The van der Waals surface area contributed by atoms with Gasteiger partial charge >= 0.3 is 0 Å². The Morgan fingerprint density at radius 2 is 2.00 bits per heavy atom. The van der Waals surface area contributed by atoms with Crippen LogP contribution in [0.2, 0.25) is 5.02 Å². The lowest BCUT2D eigenvalue weighted by atomic mass is 9.76. The average molecular weight is 310 g/mol. The van der Waals surface area contributed by atoms with Crippen LogP contribution in [-0.4, -0.2) is 0 Å². The van der Waals surface area contributed by atoms with Crippen molar-refractivity contribution < 1.29 is 0 Å². The summed E-state index contributed by atoms with van der Waals surface area (Å²) < 4.78 is 0. The van der Waals surface area contributed by atoms with E-state index >= 15 is 0 Å². The fourth-order valence-electron chi connectivity index (χ4n) is 4.10. The van der Waals surface area contributed by atoms with Crippen LogP contribution in [0.3, 0.4) is 0 Å². The predicted octanol–water partition coefficient (Wildman–Crippen LogP) is 5.78. The summed E-state index contributed by atoms with van der Waals surface area (Å²) in [5, 5.41) is 4.62. The van der Waals surface area contributed by atoms with Crippen molar-refractivity contribution >= 4 is 17.3 Å². The van der Waals surface area contributed by atoms with E-state index in [2.05, 4.69) is 55.6 Å². The van der Waals surface area contributed by atoms with Crippen molar-refractivity contribution in [2.45, 2.75) is 32.2 Å². The van der Waals surface area contributed by atoms with Crippen LogP contribution in [0, 0.1) is 19.8 Å². The Bertz CT molecular complexity index is 762. The molecular formula is C20H20ClN. The topological polar surface area (TPSA) is 12.0 Å². The fourth-order valence-corrected chi connectivity index (χ4v) is 4.30. The predicted molar refractivity (Wildman–Crippen MR) is 93.7 cm³/mol. The number of hydrogen-bond donors (Lipinski definition) is 1. The molecule has 0 amide bonds. The maximum Gasteiger partial charge on any atom is 0.0554 e. The minimum absolute atomic E-state index is 0.326. The van der Waals surface area contributed by atoms with Gasteiger partial charge in [0, 0.05) is 16.6 Å². The largest absolute Gasteiger partial charge is 0.377 e. The Morgan fingerprint density at radius 1 is 1.14 bits per heavy atom. The van der Waals surface area contributed by atoms with E-state index in [-0.39, 0.29) is 0 Å². The highest BCUT2D eigenvalue weighted by Crippen LogP contribution is 2.50. The van der Waals surface area contributed by atoms with Crippen molar-refractivity contribution in [3.8, 4) is 0 Å². The Morgan fingerprint density at radius 3 is 2.82 bits per heavy atom. The number of rotatable bonds is 1. The van der Waals surface area contributed by atoms with Crippen LogP contribution in [-0.2, 0) is 0 Å². The van der Waals surface area contributed by atoms with Gasteiger partial charge in [-0.15, -0.1) is 0 Å². The minimum atomic E-state index is 0.326. The third-order valence-corrected chi connectivity index (χ3v) is 5.25. The second-order valence-electron chi connectivity index (χ2n) is 6.58. The number of nitrogens with one attached hydrogen (secondary N) is 1. The van der Waals surface area contributed by atoms with E-state index < -0.39 is 0 Å². The summed E-state index contributed by atoms with van der Waals surface area (Å²) in [6.07, 6.45) is 5.85. The highest BCUT2D eigenvalue weighted by Gasteiger charge is 2.38. The van der Waals surface area contributed by atoms with Crippen LogP contribution in [0.1, 0.15) is 40.6 Å². The van der Waals surface area contributed by atoms with E-state index in [9.17, 15) is 0 Å². The molecule has 0 saturated carbocycles. The van der Waals surface area contributed by atoms with E-state index in [1.165, 1.54) is 27.9 Å². The van der Waals surface area contributed by atoms with Gasteiger partial charge in [0.2, 0.25) is 0 Å². The molecule has 1 N–H and O–H groups in total. The van der Waals surface area contributed by atoms with Gasteiger partial charge in [0.1, 0.15) is 0 Å². The van der Waals surface area contributed by atoms with Gasteiger partial charge < -0.3 is 5.32 Å². The molecule has 1 aliphatic heterocycles. The average Bonchev–Trinajstić information content (AvgIpc) is 2.96. The summed E-state index contributed by atoms with van der Waals surface area (Å²) in [5.74, 6) is 1.09. The summed E-state index contributed by atoms with van der Waals surface area (Å²) in [6, 6.07) is 13.2. The van der Waals surface area contributed by atoms with Crippen molar-refractivity contribution in [2.75, 3.05) is 5.32 Å². The van der Waals surface area contributed by atoms with Gasteiger partial charge in [-0.3, -0.25) is 0 Å². The molecule has 2 aromatic carbocycles. The van der Waals surface area contributed by atoms with Crippen molar-refractivity contribution in [1.82, 2.24) is 0 Å². The highest BCUT2D eigenvalue weighted by atomic mass is 35.5. The molecule has 2 aromatic rings. The molecule has 0 unspecified atom stereocenters. The molecular weight excluding hydrogens is 290 g/mol. The third kappa shape index (κ3) is 2.16. The Kier molecular flexibility index (Phi) is 3.27. The molecule has 1 heterocycles. The van der Waals surface area contributed by atoms with E-state index in [1.54, 1.807) is 0 Å². The Hall–Kier alpha value is -1.73. The maximum atomic E-state index is 6.22. The van der Waals surface area contributed by atoms with E-state index in [0.717, 1.165) is 11.4 Å². The molecule has 1 aliphatic carbocycles. The van der Waals surface area contributed by atoms with E-state index in [1.807, 2.05) is 12.1 Å². The first-order chi connectivity index (χ1) is 10.6. The normalized spacial score (nSPS) is 25.5. The SMILES string of the molecule is Cc1cc(C)c2c(c1)[C@@H]1C=CC[C@@H]1[C@H](c1cccc(Cl)c1)N2. The van der Waals surface area contributed by atoms with Gasteiger partial charge in [0.15, 0.2) is 0 Å². The van der Waals surface area contributed by atoms with Crippen molar-refractivity contribution in [2.24, 2.45) is 5.92 Å². The molecule has 0 fully saturated rings. The molecule has 1 nitrogen and oxygen atoms in total. The van der Waals surface area contributed by atoms with Crippen LogP contribution in [0.25, 0.3) is 0 Å². The Labute approximate surface area is 137 Å². The molecule has 2 aliphatic rings. The van der Waals surface area contributed by atoms with Gasteiger partial charge in [-0.05, 0) is 55.0 Å². The van der Waals surface area contributed by atoms with Crippen LogP contribution in [0.5, 0.6) is 0 Å². The van der Waals surface area contributed by atoms with Crippen molar-refractivity contribution in [3.05, 3.63) is 75.8 Å². The highest BCUT2D eigenvalue weighted by molar-refractivity contribution is 6.30. The lowest BCUT2D eigenvalue weighted by Gasteiger charge is -2.38. The van der Waals surface area contributed by atoms with Gasteiger partial charge in [-0.25, -0.2) is 0 Å². The zero-order valence-corrected chi connectivity index (χ0v) is 13.7. The first-order valence-corrected chi connectivity index (χ1v) is 8.31. The number of hydrogen-bond acceptors (Lipinski definition) is 1. The summed E-state index contributed by atoms with van der Waals surface area (Å²) in [5.41, 5.74) is 6.73. The van der Waals surface area contributed by atoms with Gasteiger partial charge in [0.05, 0.1) is 6.04 Å². The molecule has 0 bridgehead atoms. The van der Waals surface area contributed by atoms with Crippen molar-refractivity contribution in [1.29, 1.82) is 0 Å². The molecule has 2 heteroatoms. The lowest BCUT2D eigenvalue weighted by Crippen LogP contribution is -2.29. The monoisotopic (exact) mass is 309 g/mol. The molecule has 112 valence electrons. The van der Waals surface area contributed by atoms with Crippen LogP contribution >= 0.6 is 11.6 Å². The number of fused-ring (bicyclic) bond motifs is 3. The fraction of sp³-hybridized carbons (Fsp3) is 0.300. The number of aryl methyl sites for hydroxylation is 2. The summed E-state index contributed by atoms with van der Waals surface area (Å²) >= 11 is 6.22. The number of allylic oxidation sites excluding steroid dienone is 2. The molecule has 3 atom stereocenters. The number of benzene rings is 2. The third-order valence-electron chi connectivity index (χ3n) is 5.02. The zero-order valence-electron chi connectivity index (χ0n) is 12.9. The van der Waals surface area contributed by atoms with Gasteiger partial charge in [-0.2, -0.15) is 0 Å². The Balaban J connectivity index is 1.84. The van der Waals surface area contributed by atoms with Crippen LogP contribution < -0.4 is 5.32 Å². The van der Waals surface area contributed by atoms with Crippen LogP contribution in [0.4, 0.5) is 5.69 Å². The van der Waals surface area contributed by atoms with Gasteiger partial charge in [-0.1, -0.05) is 53.6 Å². The standard InChI is InChI=1S/C20H20ClN/c1-12-9-13(2)19-18(10-12)16-7-4-8-17(16)20(22-19)14-5-3-6-15(21)11-14/h3-7,9-11,16-17,20,22H,8H2,1-2H3/t16-,17+,20+/m1/s1. The quantitative estimate of drug-likeness (QED) is 0.658. The summed E-state index contributed by atoms with van der Waals surface area (Å²) in [7, 11) is 0. The molecule has 4 rings (SSSR count). The van der Waals surface area contributed by atoms with Crippen LogP contribution in [0.15, 0.2) is 48.6 Å². The second-order valence-corrected chi connectivity index (χ2v) is 7.01. The van der Waals surface area contributed by atoms with E-state index in [0.29, 0.717) is 17.9 Å².